The highest BCUT2D eigenvalue weighted by Gasteiger charge is 2.33. The van der Waals surface area contributed by atoms with Crippen LogP contribution >= 0.6 is 0 Å². The average molecular weight is 388 g/mol. The van der Waals surface area contributed by atoms with Crippen LogP contribution in [-0.4, -0.2) is 18.2 Å². The number of guanidine groups is 1. The summed E-state index contributed by atoms with van der Waals surface area (Å²) in [5, 5.41) is 6.20. The van der Waals surface area contributed by atoms with Gasteiger partial charge in [0.2, 0.25) is 0 Å². The van der Waals surface area contributed by atoms with Gasteiger partial charge in [-0.2, -0.15) is 13.2 Å². The molecule has 148 valence electrons. The number of benzene rings is 2. The van der Waals surface area contributed by atoms with E-state index in [1.54, 1.807) is 12.3 Å². The molecule has 2 aromatic rings. The third-order valence-electron chi connectivity index (χ3n) is 4.85. The lowest BCUT2D eigenvalue weighted by Gasteiger charge is -2.37. The molecule has 1 aliphatic rings. The van der Waals surface area contributed by atoms with Crippen LogP contribution in [0.15, 0.2) is 71.9 Å². The number of hydrogen-bond donors (Lipinski definition) is 3. The first-order chi connectivity index (χ1) is 13.3. The van der Waals surface area contributed by atoms with E-state index in [1.165, 1.54) is 6.07 Å². The molecule has 2 unspecified atom stereocenters. The van der Waals surface area contributed by atoms with Crippen LogP contribution in [0.25, 0.3) is 0 Å². The van der Waals surface area contributed by atoms with Crippen LogP contribution in [0.4, 0.5) is 13.2 Å². The molecule has 3 rings (SSSR count). The standard InChI is InChI=1S/C21H23F3N4/c1-15(17-7-3-2-4-8-17)20(25)11-13-27-19(28-20)26-12-10-16-6-5-9-18(14-16)21(22,23)24/h2-9,11,13-15H,10,12,25H2,1H3,(H2,26,27,28). The monoisotopic (exact) mass is 388 g/mol. The van der Waals surface area contributed by atoms with Crippen LogP contribution in [0.1, 0.15) is 29.5 Å². The third kappa shape index (κ3) is 4.72. The molecule has 28 heavy (non-hydrogen) atoms. The summed E-state index contributed by atoms with van der Waals surface area (Å²) in [5.41, 5.74) is 6.74. The van der Waals surface area contributed by atoms with Crippen molar-refractivity contribution in [3.8, 4) is 0 Å². The smallest absolute Gasteiger partial charge is 0.334 e. The van der Waals surface area contributed by atoms with Crippen molar-refractivity contribution in [2.24, 2.45) is 10.7 Å². The number of nitrogens with one attached hydrogen (secondary N) is 2. The number of nitrogens with zero attached hydrogens (tertiary/aromatic N) is 1. The molecule has 0 saturated heterocycles. The number of hydrogen-bond acceptors (Lipinski definition) is 2. The van der Waals surface area contributed by atoms with Crippen LogP contribution in [0.5, 0.6) is 0 Å². The summed E-state index contributed by atoms with van der Waals surface area (Å²) in [6.07, 6.45) is -0.367. The van der Waals surface area contributed by atoms with Gasteiger partial charge in [0.25, 0.3) is 0 Å². The summed E-state index contributed by atoms with van der Waals surface area (Å²) in [5.74, 6) is 0.487. The molecule has 0 bridgehead atoms. The number of halogens is 3. The highest BCUT2D eigenvalue weighted by molar-refractivity contribution is 5.83. The van der Waals surface area contributed by atoms with E-state index in [2.05, 4.69) is 15.6 Å². The lowest BCUT2D eigenvalue weighted by atomic mass is 9.87. The van der Waals surface area contributed by atoms with Gasteiger partial charge in [-0.15, -0.1) is 0 Å². The van der Waals surface area contributed by atoms with E-state index in [-0.39, 0.29) is 5.92 Å². The van der Waals surface area contributed by atoms with Gasteiger partial charge in [-0.25, -0.2) is 0 Å². The molecule has 1 aliphatic heterocycles. The van der Waals surface area contributed by atoms with Gasteiger partial charge in [0, 0.05) is 18.7 Å². The van der Waals surface area contributed by atoms with Crippen LogP contribution in [0.2, 0.25) is 0 Å². The van der Waals surface area contributed by atoms with E-state index in [0.29, 0.717) is 24.5 Å². The zero-order valence-electron chi connectivity index (χ0n) is 15.5. The second-order valence-electron chi connectivity index (χ2n) is 6.85. The molecule has 4 N–H and O–H groups in total. The molecule has 2 aromatic carbocycles. The van der Waals surface area contributed by atoms with Gasteiger partial charge >= 0.3 is 6.18 Å². The molecule has 7 heteroatoms. The molecule has 2 atom stereocenters. The first-order valence-electron chi connectivity index (χ1n) is 9.05. The predicted molar refractivity (Wildman–Crippen MR) is 105 cm³/mol. The van der Waals surface area contributed by atoms with E-state index >= 15 is 0 Å². The molecule has 0 saturated carbocycles. The van der Waals surface area contributed by atoms with E-state index in [1.807, 2.05) is 43.3 Å². The molecule has 0 spiro atoms. The zero-order valence-corrected chi connectivity index (χ0v) is 15.5. The Morgan fingerprint density at radius 1 is 1.11 bits per heavy atom. The number of nitrogens with two attached hydrogens (primary N) is 1. The molecular weight excluding hydrogens is 365 g/mol. The molecule has 0 aliphatic carbocycles. The Morgan fingerprint density at radius 3 is 2.57 bits per heavy atom. The van der Waals surface area contributed by atoms with Gasteiger partial charge < -0.3 is 16.4 Å². The SMILES string of the molecule is CC(c1ccccc1)C1(N)C=CNC(=NCCc2cccc(C(F)(F)F)c2)N1. The maximum Gasteiger partial charge on any atom is 0.416 e. The molecule has 0 amide bonds. The first kappa shape index (κ1) is 19.9. The summed E-state index contributed by atoms with van der Waals surface area (Å²) >= 11 is 0. The minimum Gasteiger partial charge on any atom is -0.334 e. The van der Waals surface area contributed by atoms with Crippen molar-refractivity contribution in [1.82, 2.24) is 10.6 Å². The van der Waals surface area contributed by atoms with Crippen LogP contribution in [0.3, 0.4) is 0 Å². The minimum atomic E-state index is -4.34. The number of rotatable bonds is 5. The Balaban J connectivity index is 1.65. The molecule has 0 aromatic heterocycles. The lowest BCUT2D eigenvalue weighted by molar-refractivity contribution is -0.137. The summed E-state index contributed by atoms with van der Waals surface area (Å²) in [6, 6.07) is 15.2. The number of aliphatic imine (C=N–C) groups is 1. The normalized spacial score (nSPS) is 21.8. The van der Waals surface area contributed by atoms with E-state index in [4.69, 9.17) is 5.73 Å². The van der Waals surface area contributed by atoms with E-state index in [9.17, 15) is 13.2 Å². The van der Waals surface area contributed by atoms with Crippen molar-refractivity contribution in [1.29, 1.82) is 0 Å². The third-order valence-corrected chi connectivity index (χ3v) is 4.85. The largest absolute Gasteiger partial charge is 0.416 e. The fourth-order valence-corrected chi connectivity index (χ4v) is 3.10. The molecule has 4 nitrogen and oxygen atoms in total. The first-order valence-corrected chi connectivity index (χ1v) is 9.05. The fraction of sp³-hybridized carbons (Fsp3) is 0.286. The maximum atomic E-state index is 12.8. The van der Waals surface area contributed by atoms with Crippen LogP contribution < -0.4 is 16.4 Å². The highest BCUT2D eigenvalue weighted by atomic mass is 19.4. The zero-order chi connectivity index (χ0) is 20.2. The Labute approximate surface area is 162 Å². The van der Waals surface area contributed by atoms with Gasteiger partial charge in [-0.1, -0.05) is 55.5 Å². The van der Waals surface area contributed by atoms with E-state index in [0.717, 1.165) is 17.7 Å². The highest BCUT2D eigenvalue weighted by Crippen LogP contribution is 2.29. The topological polar surface area (TPSA) is 62.4 Å². The van der Waals surface area contributed by atoms with Crippen molar-refractivity contribution in [3.05, 3.63) is 83.6 Å². The predicted octanol–water partition coefficient (Wildman–Crippen LogP) is 3.77. The second-order valence-corrected chi connectivity index (χ2v) is 6.85. The minimum absolute atomic E-state index is 0.0132. The van der Waals surface area contributed by atoms with Gasteiger partial charge in [0.1, 0.15) is 5.66 Å². The van der Waals surface area contributed by atoms with Crippen molar-refractivity contribution >= 4 is 5.96 Å². The van der Waals surface area contributed by atoms with Crippen molar-refractivity contribution in [2.45, 2.75) is 31.1 Å². The quantitative estimate of drug-likeness (QED) is 0.731. The van der Waals surface area contributed by atoms with Crippen molar-refractivity contribution < 1.29 is 13.2 Å². The molecule has 1 heterocycles. The van der Waals surface area contributed by atoms with E-state index < -0.39 is 17.4 Å². The lowest BCUT2D eigenvalue weighted by Crippen LogP contribution is -2.62. The molecule has 0 radical (unpaired) electrons. The summed E-state index contributed by atoms with van der Waals surface area (Å²) < 4.78 is 38.4. The Kier molecular flexibility index (Phi) is 5.74. The maximum absolute atomic E-state index is 12.8. The van der Waals surface area contributed by atoms with Crippen molar-refractivity contribution in [2.75, 3.05) is 6.54 Å². The second kappa shape index (κ2) is 8.06. The van der Waals surface area contributed by atoms with Crippen LogP contribution in [-0.2, 0) is 12.6 Å². The Bertz CT molecular complexity index is 861. The van der Waals surface area contributed by atoms with Crippen molar-refractivity contribution in [3.63, 3.8) is 0 Å². The van der Waals surface area contributed by atoms with Gasteiger partial charge in [0.05, 0.1) is 5.56 Å². The Hall–Kier alpha value is -2.80. The van der Waals surface area contributed by atoms with Gasteiger partial charge in [-0.3, -0.25) is 4.99 Å². The summed E-state index contributed by atoms with van der Waals surface area (Å²) in [4.78, 5) is 4.42. The van der Waals surface area contributed by atoms with Gasteiger partial charge in [0.15, 0.2) is 5.96 Å². The summed E-state index contributed by atoms with van der Waals surface area (Å²) in [7, 11) is 0. The average Bonchev–Trinajstić information content (AvgIpc) is 2.68. The fourth-order valence-electron chi connectivity index (χ4n) is 3.10. The Morgan fingerprint density at radius 2 is 1.86 bits per heavy atom. The molecular formula is C21H23F3N4. The van der Waals surface area contributed by atoms with Crippen LogP contribution in [0, 0.1) is 0 Å². The van der Waals surface area contributed by atoms with Gasteiger partial charge in [-0.05, 0) is 29.7 Å². The number of alkyl halides is 3. The molecule has 0 fully saturated rings. The summed E-state index contributed by atoms with van der Waals surface area (Å²) in [6.45, 7) is 2.36.